The minimum atomic E-state index is -0.690. The second-order valence-corrected chi connectivity index (χ2v) is 9.10. The lowest BCUT2D eigenvalue weighted by molar-refractivity contribution is -0.120. The molecular formula is C26H27N3O3. The molecule has 0 saturated heterocycles. The number of nitrogens with zero attached hydrogens (tertiary/aromatic N) is 2. The number of nitrogens with two attached hydrogens (primary N) is 1. The van der Waals surface area contributed by atoms with E-state index in [-0.39, 0.29) is 12.5 Å². The number of rotatable bonds is 4. The molecule has 1 saturated carbocycles. The lowest BCUT2D eigenvalue weighted by atomic mass is 9.63. The molecule has 0 atom stereocenters. The van der Waals surface area contributed by atoms with Crippen LogP contribution in [0.15, 0.2) is 60.7 Å². The number of para-hydroxylation sites is 1. The number of hydrogen-bond acceptors (Lipinski definition) is 5. The fourth-order valence-corrected chi connectivity index (χ4v) is 4.98. The average molecular weight is 430 g/mol. The molecule has 2 aromatic carbocycles. The van der Waals surface area contributed by atoms with Gasteiger partial charge >= 0.3 is 0 Å². The SMILES string of the molecule is CCc1ccccc1N1C(=O)COc2nc(-c3ccc([C@]4(N)C[C@](C)(O)C4)cc3)ccc21. The molecule has 3 aromatic rings. The fourth-order valence-electron chi connectivity index (χ4n) is 4.98. The van der Waals surface area contributed by atoms with E-state index in [9.17, 15) is 9.90 Å². The lowest BCUT2D eigenvalue weighted by Gasteiger charge is -2.49. The van der Waals surface area contributed by atoms with Gasteiger partial charge in [-0.15, -0.1) is 0 Å². The number of pyridine rings is 1. The van der Waals surface area contributed by atoms with E-state index in [4.69, 9.17) is 15.5 Å². The number of fused-ring (bicyclic) bond motifs is 1. The van der Waals surface area contributed by atoms with E-state index in [1.54, 1.807) is 4.90 Å². The zero-order chi connectivity index (χ0) is 22.5. The predicted octanol–water partition coefficient (Wildman–Crippen LogP) is 4.07. The van der Waals surface area contributed by atoms with Gasteiger partial charge in [0.2, 0.25) is 5.88 Å². The van der Waals surface area contributed by atoms with Crippen LogP contribution in [-0.2, 0) is 16.8 Å². The third-order valence-electron chi connectivity index (χ3n) is 6.42. The first kappa shape index (κ1) is 20.7. The summed E-state index contributed by atoms with van der Waals surface area (Å²) >= 11 is 0. The fraction of sp³-hybridized carbons (Fsp3) is 0.308. The highest BCUT2D eigenvalue weighted by Gasteiger charge is 2.49. The Hall–Kier alpha value is -3.22. The van der Waals surface area contributed by atoms with E-state index >= 15 is 0 Å². The molecule has 164 valence electrons. The van der Waals surface area contributed by atoms with Crippen molar-refractivity contribution in [1.82, 2.24) is 4.98 Å². The summed E-state index contributed by atoms with van der Waals surface area (Å²) in [5, 5.41) is 10.1. The third kappa shape index (κ3) is 3.45. The molecule has 32 heavy (non-hydrogen) atoms. The highest BCUT2D eigenvalue weighted by molar-refractivity contribution is 6.04. The van der Waals surface area contributed by atoms with Crippen molar-refractivity contribution in [2.24, 2.45) is 5.73 Å². The summed E-state index contributed by atoms with van der Waals surface area (Å²) < 4.78 is 5.70. The summed E-state index contributed by atoms with van der Waals surface area (Å²) in [6, 6.07) is 19.7. The molecule has 1 aliphatic heterocycles. The van der Waals surface area contributed by atoms with Crippen LogP contribution in [-0.4, -0.2) is 28.2 Å². The second-order valence-electron chi connectivity index (χ2n) is 9.10. The zero-order valence-electron chi connectivity index (χ0n) is 18.3. The van der Waals surface area contributed by atoms with Crippen LogP contribution in [0.2, 0.25) is 0 Å². The summed E-state index contributed by atoms with van der Waals surface area (Å²) in [5.74, 6) is 0.337. The maximum absolute atomic E-state index is 12.7. The van der Waals surface area contributed by atoms with Crippen LogP contribution in [0, 0.1) is 0 Å². The standard InChI is InChI=1S/C26H27N3O3/c1-3-17-6-4-5-7-21(17)29-22-13-12-20(28-24(22)32-14-23(29)30)18-8-10-19(11-9-18)26(27)15-25(2,31)16-26/h4-13,31H,3,14-16,27H2,1-2H3/t25-,26-. The number of carbonyl (C=O) groups is 1. The zero-order valence-corrected chi connectivity index (χ0v) is 18.3. The van der Waals surface area contributed by atoms with Gasteiger partial charge in [-0.2, -0.15) is 0 Å². The van der Waals surface area contributed by atoms with Gasteiger partial charge in [0.15, 0.2) is 6.61 Å². The Morgan fingerprint density at radius 2 is 1.78 bits per heavy atom. The number of amides is 1. The Kier molecular flexibility index (Phi) is 4.80. The topological polar surface area (TPSA) is 88.7 Å². The summed E-state index contributed by atoms with van der Waals surface area (Å²) in [6.07, 6.45) is 1.92. The van der Waals surface area contributed by atoms with E-state index < -0.39 is 11.1 Å². The van der Waals surface area contributed by atoms with Crippen LogP contribution >= 0.6 is 0 Å². The monoisotopic (exact) mass is 429 g/mol. The van der Waals surface area contributed by atoms with Crippen LogP contribution in [0.1, 0.15) is 37.8 Å². The summed E-state index contributed by atoms with van der Waals surface area (Å²) in [7, 11) is 0. The number of benzene rings is 2. The van der Waals surface area contributed by atoms with E-state index in [1.165, 1.54) is 0 Å². The van der Waals surface area contributed by atoms with Gasteiger partial charge in [0, 0.05) is 11.1 Å². The summed E-state index contributed by atoms with van der Waals surface area (Å²) in [5.41, 5.74) is 10.6. The quantitative estimate of drug-likeness (QED) is 0.653. The number of aromatic nitrogens is 1. The second kappa shape index (κ2) is 7.43. The van der Waals surface area contributed by atoms with Crippen molar-refractivity contribution in [3.63, 3.8) is 0 Å². The number of ether oxygens (including phenoxy) is 1. The van der Waals surface area contributed by atoms with Crippen molar-refractivity contribution in [3.05, 3.63) is 71.8 Å². The minimum Gasteiger partial charge on any atom is -0.466 e. The molecule has 2 heterocycles. The Labute approximate surface area is 187 Å². The first-order chi connectivity index (χ1) is 15.3. The highest BCUT2D eigenvalue weighted by Crippen LogP contribution is 2.46. The molecule has 0 radical (unpaired) electrons. The molecular weight excluding hydrogens is 402 g/mol. The number of hydrogen-bond donors (Lipinski definition) is 2. The van der Waals surface area contributed by atoms with Crippen LogP contribution in [0.3, 0.4) is 0 Å². The number of anilines is 2. The van der Waals surface area contributed by atoms with Crippen molar-refractivity contribution in [3.8, 4) is 17.1 Å². The summed E-state index contributed by atoms with van der Waals surface area (Å²) in [4.78, 5) is 19.2. The molecule has 6 heteroatoms. The number of aryl methyl sites for hydroxylation is 1. The van der Waals surface area contributed by atoms with E-state index in [0.717, 1.165) is 34.5 Å². The van der Waals surface area contributed by atoms with Crippen molar-refractivity contribution < 1.29 is 14.6 Å². The van der Waals surface area contributed by atoms with Crippen molar-refractivity contribution in [2.75, 3.05) is 11.5 Å². The Morgan fingerprint density at radius 1 is 1.06 bits per heavy atom. The largest absolute Gasteiger partial charge is 0.466 e. The molecule has 6 nitrogen and oxygen atoms in total. The van der Waals surface area contributed by atoms with Crippen molar-refractivity contribution in [1.29, 1.82) is 0 Å². The average Bonchev–Trinajstić information content (AvgIpc) is 2.77. The third-order valence-corrected chi connectivity index (χ3v) is 6.42. The molecule has 5 rings (SSSR count). The Balaban J connectivity index is 1.46. The van der Waals surface area contributed by atoms with Crippen molar-refractivity contribution in [2.45, 2.75) is 44.2 Å². The first-order valence-electron chi connectivity index (χ1n) is 11.0. The molecule has 0 bridgehead atoms. The van der Waals surface area contributed by atoms with Crippen molar-refractivity contribution >= 4 is 17.3 Å². The van der Waals surface area contributed by atoms with Gasteiger partial charge in [-0.05, 0) is 55.5 Å². The Bertz CT molecular complexity index is 1180. The molecule has 0 unspecified atom stereocenters. The van der Waals surface area contributed by atoms with Gasteiger partial charge < -0.3 is 15.6 Å². The normalized spacial score (nSPS) is 24.5. The molecule has 2 aliphatic rings. The smallest absolute Gasteiger partial charge is 0.269 e. The van der Waals surface area contributed by atoms with Gasteiger partial charge in [0.25, 0.3) is 5.91 Å². The molecule has 1 amide bonds. The van der Waals surface area contributed by atoms with Gasteiger partial charge in [0.1, 0.15) is 5.69 Å². The summed E-state index contributed by atoms with van der Waals surface area (Å²) in [6.45, 7) is 3.85. The van der Waals surface area contributed by atoms with E-state index in [2.05, 4.69) is 6.92 Å². The lowest BCUT2D eigenvalue weighted by Crippen LogP contribution is -2.58. The van der Waals surface area contributed by atoms with Crippen LogP contribution in [0.4, 0.5) is 11.4 Å². The minimum absolute atomic E-state index is 0.0456. The maximum atomic E-state index is 12.7. The van der Waals surface area contributed by atoms with Crippen LogP contribution < -0.4 is 15.4 Å². The van der Waals surface area contributed by atoms with Gasteiger partial charge in [-0.25, -0.2) is 4.98 Å². The molecule has 3 N–H and O–H groups in total. The van der Waals surface area contributed by atoms with Gasteiger partial charge in [-0.1, -0.05) is 49.4 Å². The molecule has 1 aromatic heterocycles. The van der Waals surface area contributed by atoms with Gasteiger partial charge in [0.05, 0.1) is 17.0 Å². The van der Waals surface area contributed by atoms with Crippen LogP contribution in [0.5, 0.6) is 5.88 Å². The molecule has 1 fully saturated rings. The van der Waals surface area contributed by atoms with Gasteiger partial charge in [-0.3, -0.25) is 9.69 Å². The molecule has 1 aliphatic carbocycles. The maximum Gasteiger partial charge on any atom is 0.269 e. The predicted molar refractivity (Wildman–Crippen MR) is 124 cm³/mol. The first-order valence-corrected chi connectivity index (χ1v) is 11.0. The number of carbonyl (C=O) groups excluding carboxylic acids is 1. The van der Waals surface area contributed by atoms with E-state index in [1.807, 2.05) is 67.6 Å². The number of aliphatic hydroxyl groups is 1. The highest BCUT2D eigenvalue weighted by atomic mass is 16.5. The van der Waals surface area contributed by atoms with Crippen LogP contribution in [0.25, 0.3) is 11.3 Å². The van der Waals surface area contributed by atoms with E-state index in [0.29, 0.717) is 24.4 Å². The molecule has 0 spiro atoms. The Morgan fingerprint density at radius 3 is 2.47 bits per heavy atom.